The lowest BCUT2D eigenvalue weighted by atomic mass is 9.99. The first-order valence-corrected chi connectivity index (χ1v) is 6.52. The van der Waals surface area contributed by atoms with Gasteiger partial charge in [0.1, 0.15) is 5.92 Å². The highest BCUT2D eigenvalue weighted by atomic mass is 32.1. The van der Waals surface area contributed by atoms with E-state index in [1.807, 2.05) is 13.8 Å². The van der Waals surface area contributed by atoms with Crippen molar-refractivity contribution >= 4 is 22.9 Å². The van der Waals surface area contributed by atoms with Crippen LogP contribution in [-0.4, -0.2) is 16.6 Å². The van der Waals surface area contributed by atoms with Gasteiger partial charge in [0, 0.05) is 16.0 Å². The molecule has 1 aliphatic rings. The SMILES string of the molecule is Cc1nc(C2C(=O)c3ccccc3C2=O)c(C)s1. The van der Waals surface area contributed by atoms with Crippen LogP contribution in [0.5, 0.6) is 0 Å². The van der Waals surface area contributed by atoms with Crippen molar-refractivity contribution in [3.8, 4) is 0 Å². The molecular formula is C14H11NO2S. The Morgan fingerprint density at radius 3 is 2.06 bits per heavy atom. The fourth-order valence-electron chi connectivity index (χ4n) is 2.40. The van der Waals surface area contributed by atoms with Gasteiger partial charge in [0.25, 0.3) is 0 Å². The predicted molar refractivity (Wildman–Crippen MR) is 69.4 cm³/mol. The monoisotopic (exact) mass is 257 g/mol. The molecule has 0 amide bonds. The molecule has 0 aliphatic heterocycles. The van der Waals surface area contributed by atoms with Crippen LogP contribution in [0.1, 0.15) is 42.2 Å². The van der Waals surface area contributed by atoms with Crippen molar-refractivity contribution in [2.45, 2.75) is 19.8 Å². The van der Waals surface area contributed by atoms with E-state index in [9.17, 15) is 9.59 Å². The Bertz CT molecular complexity index is 637. The van der Waals surface area contributed by atoms with Crippen LogP contribution in [-0.2, 0) is 0 Å². The van der Waals surface area contributed by atoms with Gasteiger partial charge in [-0.1, -0.05) is 24.3 Å². The first kappa shape index (κ1) is 11.3. The lowest BCUT2D eigenvalue weighted by molar-refractivity contribution is 0.0888. The standard InChI is InChI=1S/C14H11NO2S/c1-7-12(15-8(2)18-7)11-13(16)9-5-3-4-6-10(9)14(11)17/h3-6,11H,1-2H3. The highest BCUT2D eigenvalue weighted by molar-refractivity contribution is 7.11. The quantitative estimate of drug-likeness (QED) is 0.738. The Morgan fingerprint density at radius 2 is 1.61 bits per heavy atom. The maximum atomic E-state index is 12.3. The second-order valence-corrected chi connectivity index (χ2v) is 5.79. The van der Waals surface area contributed by atoms with Gasteiger partial charge < -0.3 is 0 Å². The number of carbonyl (C=O) groups excluding carboxylic acids is 2. The molecule has 0 atom stereocenters. The largest absolute Gasteiger partial charge is 0.293 e. The van der Waals surface area contributed by atoms with Gasteiger partial charge in [0.15, 0.2) is 11.6 Å². The molecule has 1 aromatic heterocycles. The first-order chi connectivity index (χ1) is 8.59. The molecule has 0 spiro atoms. The second-order valence-electron chi connectivity index (χ2n) is 4.38. The Morgan fingerprint density at radius 1 is 1.06 bits per heavy atom. The minimum absolute atomic E-state index is 0.121. The van der Waals surface area contributed by atoms with Crippen molar-refractivity contribution in [2.75, 3.05) is 0 Å². The molecule has 3 nitrogen and oxygen atoms in total. The molecule has 0 fully saturated rings. The highest BCUT2D eigenvalue weighted by Gasteiger charge is 2.41. The summed E-state index contributed by atoms with van der Waals surface area (Å²) in [6.07, 6.45) is 0. The van der Waals surface area contributed by atoms with Crippen LogP contribution in [0.4, 0.5) is 0 Å². The van der Waals surface area contributed by atoms with Crippen LogP contribution in [0.3, 0.4) is 0 Å². The zero-order valence-electron chi connectivity index (χ0n) is 10.1. The van der Waals surface area contributed by atoms with Crippen molar-refractivity contribution in [3.05, 3.63) is 51.0 Å². The summed E-state index contributed by atoms with van der Waals surface area (Å²) in [7, 11) is 0. The van der Waals surface area contributed by atoms with Crippen molar-refractivity contribution in [3.63, 3.8) is 0 Å². The van der Waals surface area contributed by atoms with E-state index in [2.05, 4.69) is 4.98 Å². The summed E-state index contributed by atoms with van der Waals surface area (Å²) >= 11 is 1.52. The smallest absolute Gasteiger partial charge is 0.180 e. The van der Waals surface area contributed by atoms with E-state index in [1.165, 1.54) is 11.3 Å². The van der Waals surface area contributed by atoms with Gasteiger partial charge in [-0.3, -0.25) is 9.59 Å². The molecule has 18 heavy (non-hydrogen) atoms. The van der Waals surface area contributed by atoms with E-state index in [0.717, 1.165) is 9.88 Å². The third-order valence-corrected chi connectivity index (χ3v) is 4.10. The number of nitrogens with zero attached hydrogens (tertiary/aromatic N) is 1. The number of hydrogen-bond donors (Lipinski definition) is 0. The molecule has 4 heteroatoms. The maximum Gasteiger partial charge on any atom is 0.180 e. The number of Topliss-reactive ketones (excluding diaryl/α,β-unsaturated/α-hetero) is 2. The van der Waals surface area contributed by atoms with Crippen LogP contribution in [0.15, 0.2) is 24.3 Å². The van der Waals surface area contributed by atoms with Gasteiger partial charge in [-0.2, -0.15) is 0 Å². The average molecular weight is 257 g/mol. The molecule has 0 N–H and O–H groups in total. The van der Waals surface area contributed by atoms with Gasteiger partial charge in [0.2, 0.25) is 0 Å². The van der Waals surface area contributed by atoms with E-state index >= 15 is 0 Å². The summed E-state index contributed by atoms with van der Waals surface area (Å²) in [5.41, 5.74) is 1.68. The van der Waals surface area contributed by atoms with Gasteiger partial charge in [-0.05, 0) is 13.8 Å². The Hall–Kier alpha value is -1.81. The normalized spacial score (nSPS) is 15.2. The number of fused-ring (bicyclic) bond motifs is 1. The van der Waals surface area contributed by atoms with E-state index in [1.54, 1.807) is 24.3 Å². The summed E-state index contributed by atoms with van der Waals surface area (Å²) in [6.45, 7) is 3.79. The van der Waals surface area contributed by atoms with Crippen molar-refractivity contribution < 1.29 is 9.59 Å². The van der Waals surface area contributed by atoms with Gasteiger partial charge in [-0.15, -0.1) is 11.3 Å². The summed E-state index contributed by atoms with van der Waals surface area (Å²) in [4.78, 5) is 29.9. The molecule has 0 saturated carbocycles. The van der Waals surface area contributed by atoms with Crippen LogP contribution < -0.4 is 0 Å². The third-order valence-electron chi connectivity index (χ3n) is 3.20. The average Bonchev–Trinajstić information content (AvgIpc) is 2.79. The number of carbonyl (C=O) groups is 2. The second kappa shape index (κ2) is 3.85. The number of ketones is 2. The highest BCUT2D eigenvalue weighted by Crippen LogP contribution is 2.36. The van der Waals surface area contributed by atoms with Gasteiger partial charge in [-0.25, -0.2) is 4.98 Å². The first-order valence-electron chi connectivity index (χ1n) is 5.71. The summed E-state index contributed by atoms with van der Waals surface area (Å²) in [5, 5.41) is 0.888. The van der Waals surface area contributed by atoms with Crippen molar-refractivity contribution in [2.24, 2.45) is 0 Å². The summed E-state index contributed by atoms with van der Waals surface area (Å²) < 4.78 is 0. The van der Waals surface area contributed by atoms with Crippen molar-refractivity contribution in [1.29, 1.82) is 0 Å². The molecular weight excluding hydrogens is 246 g/mol. The van der Waals surface area contributed by atoms with Crippen LogP contribution in [0, 0.1) is 13.8 Å². The molecule has 3 rings (SSSR count). The molecule has 0 unspecified atom stereocenters. The van der Waals surface area contributed by atoms with Crippen molar-refractivity contribution in [1.82, 2.24) is 4.98 Å². The lowest BCUT2D eigenvalue weighted by Crippen LogP contribution is -2.14. The molecule has 1 aliphatic carbocycles. The maximum absolute atomic E-state index is 12.3. The van der Waals surface area contributed by atoms with E-state index in [4.69, 9.17) is 0 Å². The third kappa shape index (κ3) is 1.46. The van der Waals surface area contributed by atoms with Gasteiger partial charge >= 0.3 is 0 Å². The molecule has 90 valence electrons. The lowest BCUT2D eigenvalue weighted by Gasteiger charge is -2.04. The fraction of sp³-hybridized carbons (Fsp3) is 0.214. The van der Waals surface area contributed by atoms with E-state index < -0.39 is 5.92 Å². The zero-order valence-corrected chi connectivity index (χ0v) is 10.9. The number of aryl methyl sites for hydroxylation is 2. The number of aromatic nitrogens is 1. The number of thiazole rings is 1. The number of benzene rings is 1. The molecule has 2 aromatic rings. The van der Waals surface area contributed by atoms with Gasteiger partial charge in [0.05, 0.1) is 10.7 Å². The number of rotatable bonds is 1. The predicted octanol–water partition coefficient (Wildman–Crippen LogP) is 2.92. The topological polar surface area (TPSA) is 47.0 Å². The summed E-state index contributed by atoms with van der Waals surface area (Å²) in [5.74, 6) is -0.972. The Kier molecular flexibility index (Phi) is 2.41. The fourth-order valence-corrected chi connectivity index (χ4v) is 3.26. The number of hydrogen-bond acceptors (Lipinski definition) is 4. The van der Waals surface area contributed by atoms with E-state index in [0.29, 0.717) is 16.8 Å². The van der Waals surface area contributed by atoms with E-state index in [-0.39, 0.29) is 11.6 Å². The summed E-state index contributed by atoms with van der Waals surface area (Å²) in [6, 6.07) is 6.99. The molecule has 0 saturated heterocycles. The Balaban J connectivity index is 2.15. The Labute approximate surface area is 108 Å². The minimum atomic E-state index is -0.729. The molecule has 0 radical (unpaired) electrons. The molecule has 1 heterocycles. The van der Waals surface area contributed by atoms with Crippen LogP contribution in [0.2, 0.25) is 0 Å². The van der Waals surface area contributed by atoms with Crippen LogP contribution >= 0.6 is 11.3 Å². The minimum Gasteiger partial charge on any atom is -0.293 e. The zero-order chi connectivity index (χ0) is 12.9. The molecule has 1 aromatic carbocycles. The molecule has 0 bridgehead atoms. The van der Waals surface area contributed by atoms with Crippen LogP contribution in [0.25, 0.3) is 0 Å².